The second-order valence-corrected chi connectivity index (χ2v) is 4.78. The maximum Gasteiger partial charge on any atom is 0.0409 e. The van der Waals surface area contributed by atoms with E-state index in [2.05, 4.69) is 19.1 Å². The van der Waals surface area contributed by atoms with Crippen molar-refractivity contribution in [2.75, 3.05) is 13.1 Å². The summed E-state index contributed by atoms with van der Waals surface area (Å²) in [5.74, 6) is 0.462. The zero-order valence-corrected chi connectivity index (χ0v) is 9.65. The van der Waals surface area contributed by atoms with Crippen LogP contribution in [0.3, 0.4) is 0 Å². The Kier molecular flexibility index (Phi) is 3.01. The first-order chi connectivity index (χ1) is 6.66. The molecule has 0 saturated heterocycles. The molecule has 1 heterocycles. The lowest BCUT2D eigenvalue weighted by Crippen LogP contribution is -2.16. The van der Waals surface area contributed by atoms with Crippen molar-refractivity contribution in [3.63, 3.8) is 0 Å². The van der Waals surface area contributed by atoms with Gasteiger partial charge < -0.3 is 0 Å². The summed E-state index contributed by atoms with van der Waals surface area (Å²) in [6, 6.07) is 6.14. The fourth-order valence-corrected chi connectivity index (χ4v) is 2.45. The summed E-state index contributed by atoms with van der Waals surface area (Å²) in [7, 11) is 0. The Morgan fingerprint density at radius 2 is 2.21 bits per heavy atom. The molecule has 1 atom stereocenters. The molecule has 0 aromatic heterocycles. The van der Waals surface area contributed by atoms with Gasteiger partial charge >= 0.3 is 0 Å². The number of benzene rings is 1. The number of fused-ring (bicyclic) bond motifs is 1. The molecule has 0 amide bonds. The first-order valence-electron chi connectivity index (χ1n) is 4.86. The number of rotatable bonds is 0. The van der Waals surface area contributed by atoms with Crippen LogP contribution in [0.4, 0.5) is 0 Å². The van der Waals surface area contributed by atoms with Crippen LogP contribution in [0.15, 0.2) is 18.2 Å². The molecule has 1 aliphatic rings. The third-order valence-electron chi connectivity index (χ3n) is 2.73. The highest BCUT2D eigenvalue weighted by atomic mass is 35.5. The van der Waals surface area contributed by atoms with E-state index in [1.165, 1.54) is 11.1 Å². The van der Waals surface area contributed by atoms with Gasteiger partial charge in [-0.15, -0.1) is 0 Å². The van der Waals surface area contributed by atoms with E-state index in [0.717, 1.165) is 24.5 Å². The molecule has 3 heteroatoms. The molecular formula is C11H13Cl2N. The molecule has 76 valence electrons. The van der Waals surface area contributed by atoms with Gasteiger partial charge in [0, 0.05) is 18.1 Å². The van der Waals surface area contributed by atoms with Crippen LogP contribution < -0.4 is 0 Å². The second kappa shape index (κ2) is 4.09. The predicted octanol–water partition coefficient (Wildman–Crippen LogP) is 3.46. The Labute approximate surface area is 94.7 Å². The van der Waals surface area contributed by atoms with Gasteiger partial charge in [0.25, 0.3) is 0 Å². The van der Waals surface area contributed by atoms with Crippen molar-refractivity contribution in [1.29, 1.82) is 0 Å². The average Bonchev–Trinajstić information content (AvgIpc) is 2.27. The van der Waals surface area contributed by atoms with E-state index in [9.17, 15) is 0 Å². The molecule has 1 nitrogen and oxygen atoms in total. The SMILES string of the molecule is C[C@H]1CN(Cl)CCc2ccc(Cl)cc21. The summed E-state index contributed by atoms with van der Waals surface area (Å²) in [6.45, 7) is 4.01. The van der Waals surface area contributed by atoms with Gasteiger partial charge in [0.1, 0.15) is 0 Å². The van der Waals surface area contributed by atoms with Crippen molar-refractivity contribution in [2.45, 2.75) is 19.3 Å². The largest absolute Gasteiger partial charge is 0.219 e. The Hall–Kier alpha value is -0.240. The lowest BCUT2D eigenvalue weighted by Gasteiger charge is -2.14. The summed E-state index contributed by atoms with van der Waals surface area (Å²) in [5.41, 5.74) is 2.73. The van der Waals surface area contributed by atoms with Crippen LogP contribution in [0.5, 0.6) is 0 Å². The molecule has 0 N–H and O–H groups in total. The quantitative estimate of drug-likeness (QED) is 0.617. The first kappa shape index (κ1) is 10.3. The highest BCUT2D eigenvalue weighted by Crippen LogP contribution is 2.28. The van der Waals surface area contributed by atoms with Gasteiger partial charge in [-0.1, -0.05) is 24.6 Å². The van der Waals surface area contributed by atoms with E-state index in [0.29, 0.717) is 5.92 Å². The molecule has 0 aliphatic carbocycles. The van der Waals surface area contributed by atoms with Gasteiger partial charge in [-0.3, -0.25) is 0 Å². The lowest BCUT2D eigenvalue weighted by molar-refractivity contribution is 0.446. The molecule has 14 heavy (non-hydrogen) atoms. The average molecular weight is 230 g/mol. The van der Waals surface area contributed by atoms with Crippen molar-refractivity contribution in [1.82, 2.24) is 4.42 Å². The summed E-state index contributed by atoms with van der Waals surface area (Å²) >= 11 is 12.0. The van der Waals surface area contributed by atoms with Gasteiger partial charge in [-0.2, -0.15) is 0 Å². The molecule has 1 aliphatic heterocycles. The lowest BCUT2D eigenvalue weighted by atomic mass is 9.96. The minimum Gasteiger partial charge on any atom is -0.219 e. The minimum absolute atomic E-state index is 0.462. The van der Waals surface area contributed by atoms with Crippen LogP contribution in [0.25, 0.3) is 0 Å². The zero-order chi connectivity index (χ0) is 10.1. The van der Waals surface area contributed by atoms with Gasteiger partial charge in [0.2, 0.25) is 0 Å². The molecule has 0 radical (unpaired) electrons. The van der Waals surface area contributed by atoms with E-state index in [-0.39, 0.29) is 0 Å². The fourth-order valence-electron chi connectivity index (χ4n) is 1.98. The number of nitrogens with zero attached hydrogens (tertiary/aromatic N) is 1. The maximum atomic E-state index is 6.05. The highest BCUT2D eigenvalue weighted by Gasteiger charge is 2.18. The maximum absolute atomic E-state index is 6.05. The van der Waals surface area contributed by atoms with Gasteiger partial charge in [0.15, 0.2) is 0 Å². The topological polar surface area (TPSA) is 3.24 Å². The monoisotopic (exact) mass is 229 g/mol. The van der Waals surface area contributed by atoms with E-state index in [1.807, 2.05) is 10.5 Å². The minimum atomic E-state index is 0.462. The van der Waals surface area contributed by atoms with Crippen molar-refractivity contribution < 1.29 is 0 Å². The Morgan fingerprint density at radius 1 is 1.43 bits per heavy atom. The van der Waals surface area contributed by atoms with Gasteiger partial charge in [0.05, 0.1) is 0 Å². The summed E-state index contributed by atoms with van der Waals surface area (Å²) in [6.07, 6.45) is 1.01. The third kappa shape index (κ3) is 2.05. The second-order valence-electron chi connectivity index (χ2n) is 3.86. The van der Waals surface area contributed by atoms with Crippen molar-refractivity contribution >= 4 is 23.4 Å². The molecular weight excluding hydrogens is 217 g/mol. The molecule has 1 aromatic carbocycles. The van der Waals surface area contributed by atoms with Crippen molar-refractivity contribution in [3.05, 3.63) is 34.3 Å². The number of hydrogen-bond donors (Lipinski definition) is 0. The number of hydrogen-bond acceptors (Lipinski definition) is 1. The zero-order valence-electron chi connectivity index (χ0n) is 8.13. The molecule has 0 unspecified atom stereocenters. The molecule has 0 fully saturated rings. The van der Waals surface area contributed by atoms with Crippen LogP contribution in [0, 0.1) is 0 Å². The summed E-state index contributed by atoms with van der Waals surface area (Å²) < 4.78 is 1.86. The third-order valence-corrected chi connectivity index (χ3v) is 3.28. The van der Waals surface area contributed by atoms with E-state index < -0.39 is 0 Å². The Morgan fingerprint density at radius 3 is 3.00 bits per heavy atom. The first-order valence-corrected chi connectivity index (χ1v) is 5.57. The molecule has 0 spiro atoms. The molecule has 2 rings (SSSR count). The normalized spacial score (nSPS) is 22.9. The predicted molar refractivity (Wildman–Crippen MR) is 61.0 cm³/mol. The fraction of sp³-hybridized carbons (Fsp3) is 0.455. The van der Waals surface area contributed by atoms with E-state index in [4.69, 9.17) is 23.4 Å². The van der Waals surface area contributed by atoms with Crippen LogP contribution in [0.2, 0.25) is 5.02 Å². The van der Waals surface area contributed by atoms with Crippen molar-refractivity contribution in [3.8, 4) is 0 Å². The van der Waals surface area contributed by atoms with Crippen LogP contribution in [-0.2, 0) is 6.42 Å². The van der Waals surface area contributed by atoms with Gasteiger partial charge in [-0.05, 0) is 47.4 Å². The van der Waals surface area contributed by atoms with Crippen LogP contribution >= 0.6 is 23.4 Å². The Bertz CT molecular complexity index is 338. The Balaban J connectivity index is 2.39. The van der Waals surface area contributed by atoms with Gasteiger partial charge in [-0.25, -0.2) is 4.42 Å². The van der Waals surface area contributed by atoms with Crippen LogP contribution in [-0.4, -0.2) is 17.5 Å². The number of halogens is 2. The standard InChI is InChI=1S/C11H13Cl2N/c1-8-7-14(13)5-4-9-2-3-10(12)6-11(8)9/h2-3,6,8H,4-5,7H2,1H3/t8-/m0/s1. The van der Waals surface area contributed by atoms with E-state index in [1.54, 1.807) is 0 Å². The summed E-state index contributed by atoms with van der Waals surface area (Å²) in [4.78, 5) is 0. The molecule has 0 bridgehead atoms. The molecule has 0 saturated carbocycles. The van der Waals surface area contributed by atoms with Crippen molar-refractivity contribution in [2.24, 2.45) is 0 Å². The van der Waals surface area contributed by atoms with E-state index >= 15 is 0 Å². The smallest absolute Gasteiger partial charge is 0.0409 e. The summed E-state index contributed by atoms with van der Waals surface area (Å²) in [5, 5.41) is 0.818. The molecule has 1 aromatic rings. The van der Waals surface area contributed by atoms with Crippen LogP contribution in [0.1, 0.15) is 24.0 Å². The highest BCUT2D eigenvalue weighted by molar-refractivity contribution is 6.30.